The fraction of sp³-hybridized carbons (Fsp3) is 0.950. The first kappa shape index (κ1) is 43.0. The summed E-state index contributed by atoms with van der Waals surface area (Å²) < 4.78 is 47.6. The Bertz CT molecular complexity index is 936. The summed E-state index contributed by atoms with van der Waals surface area (Å²) in [5.41, 5.74) is 5.27. The number of carbonyl (C=O) groups excluding carboxylic acids is 1. The van der Waals surface area contributed by atoms with Crippen LogP contribution in [0.25, 0.3) is 0 Å². The van der Waals surface area contributed by atoms with Crippen LogP contribution in [-0.2, 0) is 42.3 Å². The van der Waals surface area contributed by atoms with Crippen LogP contribution in [0.15, 0.2) is 0 Å². The molecule has 0 bridgehead atoms. The topological polar surface area (TPSA) is 353 Å². The van der Waals surface area contributed by atoms with E-state index in [-0.39, 0.29) is 59.1 Å². The molecule has 0 saturated carbocycles. The number of phosphoric acid groups is 1. The third-order valence-electron chi connectivity index (χ3n) is 6.68. The summed E-state index contributed by atoms with van der Waals surface area (Å²) in [6, 6.07) is -1.69. The fourth-order valence-corrected chi connectivity index (χ4v) is 4.92. The third kappa shape index (κ3) is 10.7. The molecule has 16 atom stereocenters. The van der Waals surface area contributed by atoms with Gasteiger partial charge in [0, 0.05) is 0 Å². The van der Waals surface area contributed by atoms with Gasteiger partial charge >= 0.3 is 59.1 Å². The second kappa shape index (κ2) is 18.7. The quantitative estimate of drug-likeness (QED) is 0.0673. The third-order valence-corrected chi connectivity index (χ3v) is 7.19. The van der Waals surface area contributed by atoms with Crippen molar-refractivity contribution in [1.29, 1.82) is 0 Å². The predicted molar refractivity (Wildman–Crippen MR) is 121 cm³/mol. The maximum atomic E-state index is 11.4. The van der Waals surface area contributed by atoms with E-state index in [0.717, 1.165) is 0 Å². The summed E-state index contributed by atoms with van der Waals surface area (Å²) in [7, 11) is -5.58. The van der Waals surface area contributed by atoms with Gasteiger partial charge in [0.1, 0.15) is 67.1 Å². The van der Waals surface area contributed by atoms with Gasteiger partial charge in [-0.1, -0.05) is 0 Å². The molecule has 1 unspecified atom stereocenters. The zero-order chi connectivity index (χ0) is 31.5. The number of hydrogen-bond acceptors (Lipinski definition) is 20. The average molecular weight is 685 g/mol. The Hall–Kier alpha value is 0.980. The van der Waals surface area contributed by atoms with Gasteiger partial charge in [-0.05, 0) is 0 Å². The Morgan fingerprint density at radius 2 is 1.39 bits per heavy atom. The summed E-state index contributed by atoms with van der Waals surface area (Å²) in [6.45, 7) is -3.16. The van der Waals surface area contributed by atoms with Gasteiger partial charge in [-0.3, -0.25) is 4.57 Å². The Balaban J connectivity index is 0.00000484. The van der Waals surface area contributed by atoms with E-state index in [4.69, 9.17) is 39.0 Å². The molecular weight excluding hydrogens is 651 g/mol. The molecule has 24 heteroatoms. The van der Waals surface area contributed by atoms with E-state index < -0.39 is 132 Å². The number of aliphatic hydroxyl groups excluding tert-OH is 8. The number of hydrogen-bond donors (Lipinski definition) is 10. The summed E-state index contributed by atoms with van der Waals surface area (Å²) >= 11 is 0. The minimum Gasteiger partial charge on any atom is -0.756 e. The Morgan fingerprint density at radius 3 is 1.91 bits per heavy atom. The van der Waals surface area contributed by atoms with Crippen molar-refractivity contribution in [2.45, 2.75) is 92.1 Å². The maximum Gasteiger partial charge on any atom is 1.00 e. The molecule has 3 heterocycles. The van der Waals surface area contributed by atoms with Gasteiger partial charge in [-0.15, -0.1) is 0 Å². The molecule has 11 N–H and O–H groups in total. The molecule has 3 saturated heterocycles. The molecule has 0 aromatic rings. The molecule has 0 radical (unpaired) electrons. The number of carboxylic acid groups (broad SMARTS) is 1. The predicted octanol–water partition coefficient (Wildman–Crippen LogP) is -15.3. The zero-order valence-corrected chi connectivity index (χ0v) is 28.4. The van der Waals surface area contributed by atoms with E-state index in [1.54, 1.807) is 0 Å². The van der Waals surface area contributed by atoms with Gasteiger partial charge < -0.3 is 99.2 Å². The van der Waals surface area contributed by atoms with Crippen LogP contribution in [0.1, 0.15) is 0 Å². The summed E-state index contributed by atoms with van der Waals surface area (Å²) in [5, 5.41) is 92.3. The maximum absolute atomic E-state index is 11.4. The molecule has 246 valence electrons. The molecule has 0 aromatic heterocycles. The molecule has 3 aliphatic heterocycles. The fourth-order valence-electron chi connectivity index (χ4n) is 4.38. The second-order valence-electron chi connectivity index (χ2n) is 9.67. The molecular formula is C20H34NNa2O20P. The van der Waals surface area contributed by atoms with Crippen molar-refractivity contribution in [1.82, 2.24) is 0 Å². The Morgan fingerprint density at radius 1 is 0.841 bits per heavy atom. The van der Waals surface area contributed by atoms with Crippen LogP contribution in [0.5, 0.6) is 0 Å². The summed E-state index contributed by atoms with van der Waals surface area (Å²) in [4.78, 5) is 31.4. The largest absolute Gasteiger partial charge is 1.00 e. The minimum atomic E-state index is -5.58. The second-order valence-corrected chi connectivity index (χ2v) is 10.8. The molecule has 3 rings (SSSR count). The number of rotatable bonds is 12. The molecule has 21 nitrogen and oxygen atoms in total. The molecule has 0 amide bonds. The number of ether oxygens (including phenoxy) is 6. The van der Waals surface area contributed by atoms with Crippen LogP contribution in [0.4, 0.5) is 0 Å². The number of phosphoric ester groups is 1. The number of nitrogens with two attached hydrogens (primary N) is 1. The Labute approximate surface area is 293 Å². The van der Waals surface area contributed by atoms with Crippen molar-refractivity contribution in [2.24, 2.45) is 5.73 Å². The molecule has 44 heavy (non-hydrogen) atoms. The van der Waals surface area contributed by atoms with E-state index >= 15 is 0 Å². The molecule has 3 fully saturated rings. The van der Waals surface area contributed by atoms with Crippen molar-refractivity contribution in [3.05, 3.63) is 0 Å². The first-order chi connectivity index (χ1) is 19.6. The van der Waals surface area contributed by atoms with Crippen molar-refractivity contribution < 1.29 is 157 Å². The monoisotopic (exact) mass is 685 g/mol. The number of carbonyl (C=O) groups is 1. The van der Waals surface area contributed by atoms with Crippen molar-refractivity contribution >= 4 is 13.8 Å². The minimum absolute atomic E-state index is 0. The standard InChI is InChI=1S/C20H36NO20P.2Na/c21-5(17(30)31)3-35-20-16(41-42(32,33)34)11(26)8(4-36-20)39-19-14(29)15(10(25)7(2-23)38-19)40-18-13(28)12(27)9(24)6(1-22)37-18;;/h5-16,18-20,22-29H,1-4,21H2,(H,30,31)(H2,32,33,34);;/q;2*+1/p-2/t5-,6+,7+,8+,9-,10-,11-,12-,13+,14+,15-,16+,18-,19-,20+;;/m0../s1. The first-order valence-electron chi connectivity index (χ1n) is 12.4. The van der Waals surface area contributed by atoms with Crippen LogP contribution in [0, 0.1) is 0 Å². The molecule has 3 aliphatic rings. The number of aliphatic carboxylic acids is 1. The van der Waals surface area contributed by atoms with Crippen LogP contribution >= 0.6 is 7.82 Å². The Kier molecular flexibility index (Phi) is 18.2. The van der Waals surface area contributed by atoms with Gasteiger partial charge in [-0.2, -0.15) is 0 Å². The summed E-state index contributed by atoms with van der Waals surface area (Å²) in [6.07, 6.45) is -25.4. The molecule has 0 spiro atoms. The molecule has 0 aromatic carbocycles. The summed E-state index contributed by atoms with van der Waals surface area (Å²) in [5.74, 6) is -1.73. The van der Waals surface area contributed by atoms with E-state index in [0.29, 0.717) is 0 Å². The van der Waals surface area contributed by atoms with Gasteiger partial charge in [0.05, 0.1) is 38.4 Å². The SMILES string of the molecule is N[C@@H](CO[C@@H]1OC[C@@H](O[C@@H]2O[C@H](CO)[C@H](O)[C@H](O[C@@H]3O[C@H](CO)[C@H](O)[C@H](O)[C@H]3O)[C@H]2O)[C@H](O)[C@H]1OP(=O)([O-])O)C(=O)[O-].[Na+].[Na+]. The normalized spacial score (nSPS) is 43.2. The van der Waals surface area contributed by atoms with Gasteiger partial charge in [0.15, 0.2) is 18.9 Å². The van der Waals surface area contributed by atoms with Crippen molar-refractivity contribution in [2.75, 3.05) is 26.4 Å². The van der Waals surface area contributed by atoms with Gasteiger partial charge in [-0.25, -0.2) is 0 Å². The van der Waals surface area contributed by atoms with Crippen LogP contribution in [0.2, 0.25) is 0 Å². The van der Waals surface area contributed by atoms with E-state index in [1.807, 2.05) is 0 Å². The number of carboxylic acids is 1. The van der Waals surface area contributed by atoms with Gasteiger partial charge in [0.25, 0.3) is 7.82 Å². The van der Waals surface area contributed by atoms with Crippen molar-refractivity contribution in [3.63, 3.8) is 0 Å². The first-order valence-corrected chi connectivity index (χ1v) is 13.9. The molecule has 0 aliphatic carbocycles. The number of aliphatic hydroxyl groups is 8. The zero-order valence-electron chi connectivity index (χ0n) is 23.5. The average Bonchev–Trinajstić information content (AvgIpc) is 2.92. The van der Waals surface area contributed by atoms with E-state index in [2.05, 4.69) is 4.52 Å². The van der Waals surface area contributed by atoms with Gasteiger partial charge in [0.2, 0.25) is 0 Å². The van der Waals surface area contributed by atoms with Crippen molar-refractivity contribution in [3.8, 4) is 0 Å². The smallest absolute Gasteiger partial charge is 0.756 e. The van der Waals surface area contributed by atoms with Crippen LogP contribution in [0.3, 0.4) is 0 Å². The van der Waals surface area contributed by atoms with E-state index in [9.17, 15) is 60.2 Å². The van der Waals surface area contributed by atoms with Crippen LogP contribution in [-0.4, -0.2) is 170 Å². The van der Waals surface area contributed by atoms with Crippen LogP contribution < -0.4 is 74.8 Å². The van der Waals surface area contributed by atoms with E-state index in [1.165, 1.54) is 0 Å².